The van der Waals surface area contributed by atoms with E-state index in [1.165, 1.54) is 0 Å². The van der Waals surface area contributed by atoms with E-state index in [9.17, 15) is 4.79 Å². The Labute approximate surface area is 122 Å². The molecule has 0 aliphatic heterocycles. The number of nitrogens with two attached hydrogens (primary N) is 1. The van der Waals surface area contributed by atoms with Crippen LogP contribution in [0.15, 0.2) is 17.5 Å². The third kappa shape index (κ3) is 2.99. The molecule has 1 heterocycles. The molecule has 0 atom stereocenters. The predicted molar refractivity (Wildman–Crippen MR) is 77.0 cm³/mol. The number of carbonyl (C=O) groups is 1. The van der Waals surface area contributed by atoms with Crippen LogP contribution in [0.1, 0.15) is 19.8 Å². The maximum atomic E-state index is 12.4. The number of aromatic nitrogens is 2. The molecular formula is C13H21N5O3. The topological polar surface area (TPSA) is 115 Å². The zero-order valence-electron chi connectivity index (χ0n) is 12.2. The molecule has 0 spiro atoms. The van der Waals surface area contributed by atoms with Crippen molar-refractivity contribution in [3.05, 3.63) is 12.4 Å². The smallest absolute Gasteiger partial charge is 0.238 e. The minimum atomic E-state index is -0.914. The van der Waals surface area contributed by atoms with Crippen LogP contribution in [0.3, 0.4) is 0 Å². The molecule has 1 amide bonds. The van der Waals surface area contributed by atoms with Crippen molar-refractivity contribution in [2.24, 2.45) is 22.2 Å². The third-order valence-electron chi connectivity index (χ3n) is 3.84. The van der Waals surface area contributed by atoms with Gasteiger partial charge in [-0.3, -0.25) is 9.48 Å². The number of ether oxygens (including phenoxy) is 1. The van der Waals surface area contributed by atoms with Crippen LogP contribution in [0.25, 0.3) is 0 Å². The van der Waals surface area contributed by atoms with Crippen molar-refractivity contribution in [3.8, 4) is 0 Å². The highest BCUT2D eigenvalue weighted by atomic mass is 16.5. The summed E-state index contributed by atoms with van der Waals surface area (Å²) in [7, 11) is 1.62. The molecule has 1 saturated carbocycles. The molecule has 0 aromatic carbocycles. The number of nitrogens with one attached hydrogen (secondary N) is 1. The van der Waals surface area contributed by atoms with Gasteiger partial charge >= 0.3 is 0 Å². The fourth-order valence-corrected chi connectivity index (χ4v) is 2.72. The zero-order valence-corrected chi connectivity index (χ0v) is 12.2. The molecule has 0 unspecified atom stereocenters. The van der Waals surface area contributed by atoms with E-state index in [1.807, 2.05) is 6.92 Å². The molecular weight excluding hydrogens is 274 g/mol. The highest BCUT2D eigenvalue weighted by Gasteiger charge is 2.52. The number of methoxy groups -OCH3 is 1. The van der Waals surface area contributed by atoms with Gasteiger partial charge in [0.25, 0.3) is 0 Å². The van der Waals surface area contributed by atoms with Crippen LogP contribution in [-0.4, -0.2) is 40.4 Å². The minimum Gasteiger partial charge on any atom is -0.409 e. The van der Waals surface area contributed by atoms with Crippen LogP contribution < -0.4 is 11.1 Å². The van der Waals surface area contributed by atoms with Crippen molar-refractivity contribution in [1.29, 1.82) is 0 Å². The average molecular weight is 295 g/mol. The quantitative estimate of drug-likeness (QED) is 0.308. The minimum absolute atomic E-state index is 0.0372. The number of anilines is 1. The molecule has 8 nitrogen and oxygen atoms in total. The van der Waals surface area contributed by atoms with E-state index in [0.717, 1.165) is 0 Å². The second kappa shape index (κ2) is 6.13. The number of hydrogen-bond donors (Lipinski definition) is 3. The number of hydrogen-bond acceptors (Lipinski definition) is 5. The van der Waals surface area contributed by atoms with Crippen LogP contribution in [0.2, 0.25) is 0 Å². The Kier molecular flexibility index (Phi) is 4.46. The fourth-order valence-electron chi connectivity index (χ4n) is 2.72. The van der Waals surface area contributed by atoms with E-state index in [4.69, 9.17) is 15.7 Å². The zero-order chi connectivity index (χ0) is 15.5. The SMILES string of the molecule is COCCn1cc(NC(=O)C2(/C(N)=N/O)CC(C)C2)cn1. The van der Waals surface area contributed by atoms with Gasteiger partial charge in [0.2, 0.25) is 5.91 Å². The maximum absolute atomic E-state index is 12.4. The first-order valence-electron chi connectivity index (χ1n) is 6.82. The Balaban J connectivity index is 2.04. The van der Waals surface area contributed by atoms with E-state index < -0.39 is 5.41 Å². The molecule has 2 rings (SSSR count). The lowest BCUT2D eigenvalue weighted by atomic mass is 9.61. The van der Waals surface area contributed by atoms with Gasteiger partial charge in [0, 0.05) is 13.3 Å². The molecule has 116 valence electrons. The predicted octanol–water partition coefficient (Wildman–Crippen LogP) is 0.631. The Morgan fingerprint density at radius 2 is 2.43 bits per heavy atom. The molecule has 0 saturated heterocycles. The number of oxime groups is 1. The fraction of sp³-hybridized carbons (Fsp3) is 0.615. The van der Waals surface area contributed by atoms with Gasteiger partial charge in [-0.05, 0) is 18.8 Å². The molecule has 1 aliphatic rings. The third-order valence-corrected chi connectivity index (χ3v) is 3.84. The molecule has 1 aromatic rings. The summed E-state index contributed by atoms with van der Waals surface area (Å²) in [5.74, 6) is 0.0764. The average Bonchev–Trinajstić information content (AvgIpc) is 2.87. The highest BCUT2D eigenvalue weighted by molar-refractivity contribution is 6.12. The molecule has 0 bridgehead atoms. The number of rotatable bonds is 6. The monoisotopic (exact) mass is 295 g/mol. The van der Waals surface area contributed by atoms with Gasteiger partial charge < -0.3 is 21.0 Å². The van der Waals surface area contributed by atoms with Gasteiger partial charge in [0.1, 0.15) is 5.41 Å². The summed E-state index contributed by atoms with van der Waals surface area (Å²) < 4.78 is 6.65. The van der Waals surface area contributed by atoms with Gasteiger partial charge in [0.05, 0.1) is 25.0 Å². The normalized spacial score (nSPS) is 25.4. The lowest BCUT2D eigenvalue weighted by Crippen LogP contribution is -2.54. The number of nitrogens with zero attached hydrogens (tertiary/aromatic N) is 3. The van der Waals surface area contributed by atoms with Gasteiger partial charge in [-0.25, -0.2) is 0 Å². The molecule has 1 aromatic heterocycles. The van der Waals surface area contributed by atoms with Crippen molar-refractivity contribution < 1.29 is 14.7 Å². The van der Waals surface area contributed by atoms with E-state index in [2.05, 4.69) is 15.6 Å². The molecule has 4 N–H and O–H groups in total. The van der Waals surface area contributed by atoms with Crippen molar-refractivity contribution >= 4 is 17.4 Å². The number of amides is 1. The van der Waals surface area contributed by atoms with E-state index in [1.54, 1.807) is 24.2 Å². The van der Waals surface area contributed by atoms with Crippen LogP contribution in [0.4, 0.5) is 5.69 Å². The van der Waals surface area contributed by atoms with Crippen molar-refractivity contribution in [3.63, 3.8) is 0 Å². The summed E-state index contributed by atoms with van der Waals surface area (Å²) in [5.41, 5.74) is 5.37. The first-order valence-corrected chi connectivity index (χ1v) is 6.82. The molecule has 8 heteroatoms. The lowest BCUT2D eigenvalue weighted by Gasteiger charge is -2.43. The molecule has 1 fully saturated rings. The Morgan fingerprint density at radius 1 is 1.71 bits per heavy atom. The number of amidine groups is 1. The van der Waals surface area contributed by atoms with Crippen molar-refractivity contribution in [2.75, 3.05) is 19.0 Å². The van der Waals surface area contributed by atoms with E-state index in [-0.39, 0.29) is 11.7 Å². The van der Waals surface area contributed by atoms with Gasteiger partial charge in [-0.2, -0.15) is 5.10 Å². The first kappa shape index (κ1) is 15.3. The number of carbonyl (C=O) groups excluding carboxylic acids is 1. The Morgan fingerprint density at radius 3 is 3.00 bits per heavy atom. The molecule has 0 radical (unpaired) electrons. The van der Waals surface area contributed by atoms with Crippen LogP contribution >= 0.6 is 0 Å². The summed E-state index contributed by atoms with van der Waals surface area (Å²) in [4.78, 5) is 12.4. The van der Waals surface area contributed by atoms with Crippen LogP contribution in [0.5, 0.6) is 0 Å². The summed E-state index contributed by atoms with van der Waals surface area (Å²) in [5, 5.41) is 18.8. The standard InChI is InChI=1S/C13H21N5O3/c1-9-5-13(6-9,11(14)17-20)12(19)16-10-7-15-18(8-10)3-4-21-2/h7-9,20H,3-6H2,1-2H3,(H2,14,17)(H,16,19). The maximum Gasteiger partial charge on any atom is 0.238 e. The van der Waals surface area contributed by atoms with E-state index >= 15 is 0 Å². The van der Waals surface area contributed by atoms with Crippen LogP contribution in [-0.2, 0) is 16.1 Å². The summed E-state index contributed by atoms with van der Waals surface area (Å²) >= 11 is 0. The summed E-state index contributed by atoms with van der Waals surface area (Å²) in [6.07, 6.45) is 4.44. The molecule has 1 aliphatic carbocycles. The van der Waals surface area contributed by atoms with Gasteiger partial charge in [-0.15, -0.1) is 0 Å². The summed E-state index contributed by atoms with van der Waals surface area (Å²) in [6.45, 7) is 3.17. The largest absolute Gasteiger partial charge is 0.409 e. The summed E-state index contributed by atoms with van der Waals surface area (Å²) in [6, 6.07) is 0. The van der Waals surface area contributed by atoms with Crippen molar-refractivity contribution in [1.82, 2.24) is 9.78 Å². The van der Waals surface area contributed by atoms with Gasteiger partial charge in [-0.1, -0.05) is 12.1 Å². The van der Waals surface area contributed by atoms with Gasteiger partial charge in [0.15, 0.2) is 5.84 Å². The lowest BCUT2D eigenvalue weighted by molar-refractivity contribution is -0.127. The van der Waals surface area contributed by atoms with E-state index in [0.29, 0.717) is 37.6 Å². The highest BCUT2D eigenvalue weighted by Crippen LogP contribution is 2.46. The Hall–Kier alpha value is -2.09. The van der Waals surface area contributed by atoms with Crippen LogP contribution in [0, 0.1) is 11.3 Å². The second-order valence-electron chi connectivity index (χ2n) is 5.52. The van der Waals surface area contributed by atoms with Crippen molar-refractivity contribution in [2.45, 2.75) is 26.3 Å². The Bertz CT molecular complexity index is 534. The molecule has 21 heavy (non-hydrogen) atoms. The second-order valence-corrected chi connectivity index (χ2v) is 5.52. The first-order chi connectivity index (χ1) is 10.0.